The van der Waals surface area contributed by atoms with Crippen molar-refractivity contribution >= 4 is 17.2 Å². The van der Waals surface area contributed by atoms with Gasteiger partial charge in [-0.2, -0.15) is 0 Å². The number of aromatic nitrogens is 1. The van der Waals surface area contributed by atoms with Gasteiger partial charge in [-0.1, -0.05) is 19.3 Å². The van der Waals surface area contributed by atoms with E-state index < -0.39 is 11.1 Å². The number of nitrogens with one attached hydrogen (secondary N) is 1. The van der Waals surface area contributed by atoms with E-state index in [-0.39, 0.29) is 12.3 Å². The molecule has 112 valence electrons. The number of aliphatic hydroxyl groups is 1. The molecule has 1 aliphatic rings. The number of nitrogens with zero attached hydrogens (tertiary/aromatic N) is 1. The summed E-state index contributed by atoms with van der Waals surface area (Å²) in [7, 11) is 0. The number of carbonyl (C=O) groups excluding carboxylic acids is 1. The van der Waals surface area contributed by atoms with Crippen molar-refractivity contribution in [3.05, 3.63) is 16.1 Å². The molecule has 0 radical (unpaired) electrons. The Bertz CT molecular complexity index is 476. The van der Waals surface area contributed by atoms with Crippen LogP contribution in [0, 0.1) is 6.92 Å². The number of carbonyl (C=O) groups is 1. The number of rotatable bonds is 4. The molecule has 2 N–H and O–H groups in total. The van der Waals surface area contributed by atoms with Crippen molar-refractivity contribution in [3.8, 4) is 0 Å². The van der Waals surface area contributed by atoms with Crippen molar-refractivity contribution in [3.63, 3.8) is 0 Å². The van der Waals surface area contributed by atoms with Crippen LogP contribution in [0.15, 0.2) is 6.20 Å². The number of amides is 1. The predicted octanol–water partition coefficient (Wildman–Crippen LogP) is 2.89. The molecule has 1 amide bonds. The first-order valence-corrected chi connectivity index (χ1v) is 8.09. The Balaban J connectivity index is 1.96. The highest BCUT2D eigenvalue weighted by Gasteiger charge is 2.34. The summed E-state index contributed by atoms with van der Waals surface area (Å²) in [5.41, 5.74) is -1.29. The summed E-state index contributed by atoms with van der Waals surface area (Å²) in [6.45, 7) is 5.91. The molecule has 1 aromatic heterocycles. The SMILES string of the molecule is Cc1cnc(C(C)(C)NC(=O)CC2(O)CCCCC2)s1. The first kappa shape index (κ1) is 15.4. The summed E-state index contributed by atoms with van der Waals surface area (Å²) in [6.07, 6.45) is 6.67. The second-order valence-electron chi connectivity index (χ2n) is 6.41. The third-order valence-electron chi connectivity index (χ3n) is 3.88. The molecule has 0 aromatic carbocycles. The van der Waals surface area contributed by atoms with E-state index in [4.69, 9.17) is 0 Å². The third kappa shape index (κ3) is 3.79. The van der Waals surface area contributed by atoms with Crippen LogP contribution in [0.5, 0.6) is 0 Å². The van der Waals surface area contributed by atoms with Crippen LogP contribution in [0.25, 0.3) is 0 Å². The monoisotopic (exact) mass is 296 g/mol. The molecule has 0 saturated heterocycles. The minimum absolute atomic E-state index is 0.0905. The van der Waals surface area contributed by atoms with E-state index in [0.29, 0.717) is 0 Å². The molecule has 5 heteroatoms. The van der Waals surface area contributed by atoms with Gasteiger partial charge in [0.2, 0.25) is 5.91 Å². The van der Waals surface area contributed by atoms with E-state index in [1.165, 1.54) is 0 Å². The molecular weight excluding hydrogens is 272 g/mol. The van der Waals surface area contributed by atoms with Gasteiger partial charge in [0.15, 0.2) is 0 Å². The van der Waals surface area contributed by atoms with Crippen molar-refractivity contribution in [1.82, 2.24) is 10.3 Å². The van der Waals surface area contributed by atoms with Gasteiger partial charge in [-0.3, -0.25) is 4.79 Å². The van der Waals surface area contributed by atoms with E-state index in [9.17, 15) is 9.90 Å². The van der Waals surface area contributed by atoms with Crippen LogP contribution in [-0.4, -0.2) is 21.6 Å². The second kappa shape index (κ2) is 5.82. The van der Waals surface area contributed by atoms with E-state index in [1.54, 1.807) is 11.3 Å². The highest BCUT2D eigenvalue weighted by molar-refractivity contribution is 7.11. The lowest BCUT2D eigenvalue weighted by Gasteiger charge is -2.33. The van der Waals surface area contributed by atoms with Crippen LogP contribution in [0.1, 0.15) is 62.3 Å². The van der Waals surface area contributed by atoms with Gasteiger partial charge in [-0.25, -0.2) is 4.98 Å². The molecule has 0 aliphatic heterocycles. The van der Waals surface area contributed by atoms with Gasteiger partial charge >= 0.3 is 0 Å². The maximum Gasteiger partial charge on any atom is 0.223 e. The number of hydrogen-bond acceptors (Lipinski definition) is 4. The van der Waals surface area contributed by atoms with E-state index in [0.717, 1.165) is 42.0 Å². The zero-order chi connectivity index (χ0) is 14.8. The Kier molecular flexibility index (Phi) is 4.49. The fourth-order valence-electron chi connectivity index (χ4n) is 2.78. The quantitative estimate of drug-likeness (QED) is 0.898. The van der Waals surface area contributed by atoms with Crippen LogP contribution in [0.3, 0.4) is 0 Å². The summed E-state index contributed by atoms with van der Waals surface area (Å²) in [4.78, 5) is 17.7. The molecule has 1 aliphatic carbocycles. The van der Waals surface area contributed by atoms with Crippen molar-refractivity contribution in [2.75, 3.05) is 0 Å². The fraction of sp³-hybridized carbons (Fsp3) is 0.733. The van der Waals surface area contributed by atoms with Crippen LogP contribution in [0.2, 0.25) is 0 Å². The maximum absolute atomic E-state index is 12.2. The average Bonchev–Trinajstić information content (AvgIpc) is 2.76. The fourth-order valence-corrected chi connectivity index (χ4v) is 3.60. The average molecular weight is 296 g/mol. The molecular formula is C15H24N2O2S. The van der Waals surface area contributed by atoms with E-state index in [1.807, 2.05) is 27.0 Å². The predicted molar refractivity (Wildman–Crippen MR) is 80.7 cm³/mol. The van der Waals surface area contributed by atoms with E-state index in [2.05, 4.69) is 10.3 Å². The lowest BCUT2D eigenvalue weighted by atomic mass is 9.82. The molecule has 1 heterocycles. The van der Waals surface area contributed by atoms with Gasteiger partial charge in [0.05, 0.1) is 17.6 Å². The number of aryl methyl sites for hydroxylation is 1. The summed E-state index contributed by atoms with van der Waals surface area (Å²) >= 11 is 1.59. The van der Waals surface area contributed by atoms with Gasteiger partial charge in [0.1, 0.15) is 5.01 Å². The largest absolute Gasteiger partial charge is 0.389 e. The van der Waals surface area contributed by atoms with Crippen LogP contribution in [0.4, 0.5) is 0 Å². The molecule has 0 unspecified atom stereocenters. The summed E-state index contributed by atoms with van der Waals surface area (Å²) in [5, 5.41) is 14.3. The third-order valence-corrected chi connectivity index (χ3v) is 5.12. The van der Waals surface area contributed by atoms with Crippen LogP contribution >= 0.6 is 11.3 Å². The van der Waals surface area contributed by atoms with Crippen molar-refractivity contribution in [2.24, 2.45) is 0 Å². The minimum Gasteiger partial charge on any atom is -0.389 e. The Hall–Kier alpha value is -0.940. The zero-order valence-corrected chi connectivity index (χ0v) is 13.3. The topological polar surface area (TPSA) is 62.2 Å². The van der Waals surface area contributed by atoms with Gasteiger partial charge in [-0.05, 0) is 33.6 Å². The lowest BCUT2D eigenvalue weighted by molar-refractivity contribution is -0.129. The normalized spacial score (nSPS) is 18.8. The lowest BCUT2D eigenvalue weighted by Crippen LogP contribution is -2.45. The summed E-state index contributed by atoms with van der Waals surface area (Å²) < 4.78 is 0. The standard InChI is InChI=1S/C15H24N2O2S/c1-11-10-16-13(20-11)14(2,3)17-12(18)9-15(19)7-5-4-6-8-15/h10,19H,4-9H2,1-3H3,(H,17,18). The molecule has 2 rings (SSSR count). The highest BCUT2D eigenvalue weighted by atomic mass is 32.1. The van der Waals surface area contributed by atoms with Crippen molar-refractivity contribution < 1.29 is 9.90 Å². The van der Waals surface area contributed by atoms with Crippen molar-refractivity contribution in [2.45, 2.75) is 70.4 Å². The maximum atomic E-state index is 12.2. The zero-order valence-electron chi connectivity index (χ0n) is 12.5. The molecule has 0 atom stereocenters. The van der Waals surface area contributed by atoms with Crippen LogP contribution in [-0.2, 0) is 10.3 Å². The minimum atomic E-state index is -0.808. The van der Waals surface area contributed by atoms with Gasteiger partial charge in [0, 0.05) is 11.1 Å². The molecule has 0 spiro atoms. The van der Waals surface area contributed by atoms with Gasteiger partial charge in [0.25, 0.3) is 0 Å². The summed E-state index contributed by atoms with van der Waals surface area (Å²) in [6, 6.07) is 0. The van der Waals surface area contributed by atoms with Crippen LogP contribution < -0.4 is 5.32 Å². The Morgan fingerprint density at radius 3 is 2.65 bits per heavy atom. The molecule has 1 fully saturated rings. The molecule has 1 saturated carbocycles. The second-order valence-corrected chi connectivity index (χ2v) is 7.65. The number of hydrogen-bond donors (Lipinski definition) is 2. The molecule has 20 heavy (non-hydrogen) atoms. The molecule has 0 bridgehead atoms. The van der Waals surface area contributed by atoms with E-state index >= 15 is 0 Å². The van der Waals surface area contributed by atoms with Crippen molar-refractivity contribution in [1.29, 1.82) is 0 Å². The Morgan fingerprint density at radius 2 is 2.10 bits per heavy atom. The number of thiazole rings is 1. The van der Waals surface area contributed by atoms with Gasteiger partial charge < -0.3 is 10.4 Å². The highest BCUT2D eigenvalue weighted by Crippen LogP contribution is 2.31. The molecule has 1 aromatic rings. The molecule has 4 nitrogen and oxygen atoms in total. The summed E-state index contributed by atoms with van der Waals surface area (Å²) in [5.74, 6) is -0.0905. The first-order valence-electron chi connectivity index (χ1n) is 7.27. The first-order chi connectivity index (χ1) is 9.31. The smallest absolute Gasteiger partial charge is 0.223 e. The Labute approximate surface area is 124 Å². The van der Waals surface area contributed by atoms with Gasteiger partial charge in [-0.15, -0.1) is 11.3 Å². The Morgan fingerprint density at radius 1 is 1.45 bits per heavy atom.